The number of hydrogen-bond donors (Lipinski definition) is 1. The fourth-order valence-electron chi connectivity index (χ4n) is 2.12. The Morgan fingerprint density at radius 3 is 3.00 bits per heavy atom. The number of rotatable bonds is 5. The van der Waals surface area contributed by atoms with Crippen molar-refractivity contribution in [3.05, 3.63) is 34.3 Å². The molecule has 0 aromatic heterocycles. The van der Waals surface area contributed by atoms with Gasteiger partial charge in [0.25, 0.3) is 0 Å². The van der Waals surface area contributed by atoms with Crippen molar-refractivity contribution >= 4 is 21.8 Å². The van der Waals surface area contributed by atoms with Gasteiger partial charge in [-0.1, -0.05) is 34.1 Å². The summed E-state index contributed by atoms with van der Waals surface area (Å²) >= 11 is 3.50. The van der Waals surface area contributed by atoms with Crippen molar-refractivity contribution in [2.24, 2.45) is 0 Å². The molecule has 98 valence electrons. The van der Waals surface area contributed by atoms with Crippen LogP contribution in [0.15, 0.2) is 28.7 Å². The average molecular weight is 312 g/mol. The molecule has 1 fully saturated rings. The molecule has 2 rings (SSSR count). The van der Waals surface area contributed by atoms with Crippen molar-refractivity contribution < 1.29 is 9.53 Å². The Hall–Kier alpha value is -0.870. The highest BCUT2D eigenvalue weighted by atomic mass is 79.9. The summed E-state index contributed by atoms with van der Waals surface area (Å²) in [5.74, 6) is 0.0916. The van der Waals surface area contributed by atoms with E-state index < -0.39 is 0 Å². The first-order chi connectivity index (χ1) is 8.75. The Morgan fingerprint density at radius 2 is 2.28 bits per heavy atom. The van der Waals surface area contributed by atoms with Crippen LogP contribution < -0.4 is 5.32 Å². The molecule has 0 unspecified atom stereocenters. The molecule has 1 atom stereocenters. The van der Waals surface area contributed by atoms with Crippen LogP contribution in [0.25, 0.3) is 0 Å². The molecule has 0 aliphatic carbocycles. The maximum Gasteiger partial charge on any atom is 0.222 e. The number of ether oxygens (including phenoxy) is 1. The molecule has 0 radical (unpaired) electrons. The zero-order chi connectivity index (χ0) is 12.8. The standard InChI is InChI=1S/C14H18BrNO2/c15-13-6-2-1-4-11(13)7-8-16-14(17)10-12-5-3-9-18-12/h1-2,4,6,12H,3,5,7-10H2,(H,16,17)/t12-/m1/s1. The van der Waals surface area contributed by atoms with Crippen molar-refractivity contribution in [2.45, 2.75) is 31.8 Å². The van der Waals surface area contributed by atoms with Gasteiger partial charge >= 0.3 is 0 Å². The van der Waals surface area contributed by atoms with E-state index in [1.54, 1.807) is 0 Å². The van der Waals surface area contributed by atoms with E-state index in [0.717, 1.165) is 30.3 Å². The second-order valence-electron chi connectivity index (χ2n) is 4.53. The molecule has 0 saturated carbocycles. The zero-order valence-electron chi connectivity index (χ0n) is 10.3. The molecule has 1 amide bonds. The van der Waals surface area contributed by atoms with Gasteiger partial charge < -0.3 is 10.1 Å². The minimum absolute atomic E-state index is 0.0916. The first-order valence-electron chi connectivity index (χ1n) is 6.37. The van der Waals surface area contributed by atoms with Gasteiger partial charge in [-0.3, -0.25) is 4.79 Å². The molecule has 0 bridgehead atoms. The van der Waals surface area contributed by atoms with Gasteiger partial charge in [-0.25, -0.2) is 0 Å². The van der Waals surface area contributed by atoms with E-state index in [-0.39, 0.29) is 12.0 Å². The number of benzene rings is 1. The molecule has 1 N–H and O–H groups in total. The van der Waals surface area contributed by atoms with E-state index in [9.17, 15) is 4.79 Å². The zero-order valence-corrected chi connectivity index (χ0v) is 11.9. The smallest absolute Gasteiger partial charge is 0.222 e. The summed E-state index contributed by atoms with van der Waals surface area (Å²) in [6.07, 6.45) is 3.56. The highest BCUT2D eigenvalue weighted by molar-refractivity contribution is 9.10. The summed E-state index contributed by atoms with van der Waals surface area (Å²) in [5.41, 5.74) is 1.22. The van der Waals surface area contributed by atoms with Gasteiger partial charge in [0, 0.05) is 17.6 Å². The maximum atomic E-state index is 11.7. The Kier molecular flexibility index (Phi) is 5.20. The van der Waals surface area contributed by atoms with Crippen LogP contribution in [0.5, 0.6) is 0 Å². The molecular formula is C14H18BrNO2. The van der Waals surface area contributed by atoms with Gasteiger partial charge in [0.2, 0.25) is 5.91 Å². The van der Waals surface area contributed by atoms with Gasteiger partial charge in [0.05, 0.1) is 12.5 Å². The highest BCUT2D eigenvalue weighted by Gasteiger charge is 2.18. The SMILES string of the molecule is O=C(C[C@H]1CCCO1)NCCc1ccccc1Br. The third-order valence-corrected chi connectivity index (χ3v) is 3.89. The second-order valence-corrected chi connectivity index (χ2v) is 5.38. The normalized spacial score (nSPS) is 18.8. The van der Waals surface area contributed by atoms with E-state index in [0.29, 0.717) is 13.0 Å². The first kappa shape index (κ1) is 13.6. The monoisotopic (exact) mass is 311 g/mol. The van der Waals surface area contributed by atoms with Crippen LogP contribution in [0.3, 0.4) is 0 Å². The number of amides is 1. The second kappa shape index (κ2) is 6.90. The number of nitrogens with one attached hydrogen (secondary N) is 1. The average Bonchev–Trinajstić information content (AvgIpc) is 2.84. The van der Waals surface area contributed by atoms with Crippen LogP contribution in [-0.2, 0) is 16.0 Å². The lowest BCUT2D eigenvalue weighted by molar-refractivity contribution is -0.123. The third kappa shape index (κ3) is 4.10. The quantitative estimate of drug-likeness (QED) is 0.908. The summed E-state index contributed by atoms with van der Waals surface area (Å²) < 4.78 is 6.53. The van der Waals surface area contributed by atoms with Crippen LogP contribution >= 0.6 is 15.9 Å². The Morgan fingerprint density at radius 1 is 1.44 bits per heavy atom. The molecule has 1 aromatic rings. The van der Waals surface area contributed by atoms with E-state index in [1.807, 2.05) is 18.2 Å². The van der Waals surface area contributed by atoms with Gasteiger partial charge in [0.1, 0.15) is 0 Å². The van der Waals surface area contributed by atoms with Crippen LogP contribution in [0, 0.1) is 0 Å². The third-order valence-electron chi connectivity index (χ3n) is 3.11. The molecule has 4 heteroatoms. The van der Waals surface area contributed by atoms with Crippen molar-refractivity contribution in [3.63, 3.8) is 0 Å². The lowest BCUT2D eigenvalue weighted by Crippen LogP contribution is -2.29. The summed E-state index contributed by atoms with van der Waals surface area (Å²) in [4.78, 5) is 11.7. The minimum Gasteiger partial charge on any atom is -0.378 e. The minimum atomic E-state index is 0.0916. The lowest BCUT2D eigenvalue weighted by atomic mass is 10.1. The molecule has 0 spiro atoms. The summed E-state index contributed by atoms with van der Waals surface area (Å²) in [7, 11) is 0. The van der Waals surface area contributed by atoms with Crippen molar-refractivity contribution in [3.8, 4) is 0 Å². The van der Waals surface area contributed by atoms with Gasteiger partial charge in [-0.15, -0.1) is 0 Å². The van der Waals surface area contributed by atoms with Gasteiger partial charge in [0.15, 0.2) is 0 Å². The van der Waals surface area contributed by atoms with Crippen LogP contribution in [-0.4, -0.2) is 25.2 Å². The Balaban J connectivity index is 1.68. The lowest BCUT2D eigenvalue weighted by Gasteiger charge is -2.10. The summed E-state index contributed by atoms with van der Waals surface area (Å²) in [6.45, 7) is 1.48. The van der Waals surface area contributed by atoms with Crippen molar-refractivity contribution in [1.82, 2.24) is 5.32 Å². The fourth-order valence-corrected chi connectivity index (χ4v) is 2.61. The Bertz CT molecular complexity index is 403. The molecule has 1 heterocycles. The van der Waals surface area contributed by atoms with Crippen LogP contribution in [0.2, 0.25) is 0 Å². The number of halogens is 1. The number of hydrogen-bond acceptors (Lipinski definition) is 2. The maximum absolute atomic E-state index is 11.7. The number of carbonyl (C=O) groups is 1. The van der Waals surface area contributed by atoms with Gasteiger partial charge in [-0.05, 0) is 30.9 Å². The fraction of sp³-hybridized carbons (Fsp3) is 0.500. The molecule has 1 saturated heterocycles. The highest BCUT2D eigenvalue weighted by Crippen LogP contribution is 2.16. The van der Waals surface area contributed by atoms with Crippen LogP contribution in [0.4, 0.5) is 0 Å². The van der Waals surface area contributed by atoms with E-state index in [1.165, 1.54) is 5.56 Å². The molecule has 1 aromatic carbocycles. The van der Waals surface area contributed by atoms with E-state index >= 15 is 0 Å². The predicted molar refractivity (Wildman–Crippen MR) is 74.4 cm³/mol. The molecular weight excluding hydrogens is 294 g/mol. The Labute approximate surface area is 116 Å². The van der Waals surface area contributed by atoms with Crippen LogP contribution in [0.1, 0.15) is 24.8 Å². The largest absolute Gasteiger partial charge is 0.378 e. The number of carbonyl (C=O) groups excluding carboxylic acids is 1. The first-order valence-corrected chi connectivity index (χ1v) is 7.16. The molecule has 1 aliphatic rings. The predicted octanol–water partition coefficient (Wildman–Crippen LogP) is 2.68. The van der Waals surface area contributed by atoms with Gasteiger partial charge in [-0.2, -0.15) is 0 Å². The molecule has 3 nitrogen and oxygen atoms in total. The molecule has 1 aliphatic heterocycles. The van der Waals surface area contributed by atoms with E-state index in [4.69, 9.17) is 4.74 Å². The van der Waals surface area contributed by atoms with Crippen molar-refractivity contribution in [1.29, 1.82) is 0 Å². The summed E-state index contributed by atoms with van der Waals surface area (Å²) in [6, 6.07) is 8.08. The molecule has 18 heavy (non-hydrogen) atoms. The van der Waals surface area contributed by atoms with Crippen molar-refractivity contribution in [2.75, 3.05) is 13.2 Å². The topological polar surface area (TPSA) is 38.3 Å². The van der Waals surface area contributed by atoms with E-state index in [2.05, 4.69) is 27.3 Å². The summed E-state index contributed by atoms with van der Waals surface area (Å²) in [5, 5.41) is 2.95.